The molecule has 4 unspecified atom stereocenters. The normalized spacial score (nSPS) is 32.2. The first-order chi connectivity index (χ1) is 10.6. The van der Waals surface area contributed by atoms with E-state index in [1.807, 2.05) is 36.4 Å². The maximum atomic E-state index is 11.3. The molecule has 0 amide bonds. The molecule has 118 valence electrons. The van der Waals surface area contributed by atoms with Gasteiger partial charge in [0.2, 0.25) is 0 Å². The summed E-state index contributed by atoms with van der Waals surface area (Å²) < 4.78 is 5.20. The molecule has 0 aromatic heterocycles. The van der Waals surface area contributed by atoms with Gasteiger partial charge in [0, 0.05) is 18.3 Å². The van der Waals surface area contributed by atoms with E-state index in [4.69, 9.17) is 4.74 Å². The fourth-order valence-corrected chi connectivity index (χ4v) is 3.50. The zero-order chi connectivity index (χ0) is 15.5. The summed E-state index contributed by atoms with van der Waals surface area (Å²) in [5.41, 5.74) is 1.20. The molecule has 22 heavy (non-hydrogen) atoms. The SMILES string of the molecule is O=C1CC2C(CC(O)[C@@H]2C=CC(O)CCc2ccccc2)O1. The summed E-state index contributed by atoms with van der Waals surface area (Å²) in [5, 5.41) is 20.2. The lowest BCUT2D eigenvalue weighted by molar-refractivity contribution is -0.141. The smallest absolute Gasteiger partial charge is 0.306 e. The minimum Gasteiger partial charge on any atom is -0.462 e. The molecule has 1 aromatic rings. The molecule has 1 saturated heterocycles. The zero-order valence-electron chi connectivity index (χ0n) is 12.5. The van der Waals surface area contributed by atoms with Crippen LogP contribution in [0.3, 0.4) is 0 Å². The van der Waals surface area contributed by atoms with Crippen LogP contribution >= 0.6 is 0 Å². The summed E-state index contributed by atoms with van der Waals surface area (Å²) in [4.78, 5) is 11.3. The molecule has 2 N–H and O–H groups in total. The van der Waals surface area contributed by atoms with Gasteiger partial charge < -0.3 is 14.9 Å². The van der Waals surface area contributed by atoms with E-state index in [0.29, 0.717) is 19.3 Å². The van der Waals surface area contributed by atoms with Crippen molar-refractivity contribution >= 4 is 5.97 Å². The lowest BCUT2D eigenvalue weighted by Gasteiger charge is -2.15. The van der Waals surface area contributed by atoms with Crippen LogP contribution in [0, 0.1) is 11.8 Å². The molecule has 0 spiro atoms. The number of esters is 1. The van der Waals surface area contributed by atoms with Crippen molar-refractivity contribution in [2.24, 2.45) is 11.8 Å². The molecule has 4 heteroatoms. The summed E-state index contributed by atoms with van der Waals surface area (Å²) in [6, 6.07) is 10.0. The number of aryl methyl sites for hydroxylation is 1. The summed E-state index contributed by atoms with van der Waals surface area (Å²) in [5.74, 6) is -0.215. The Morgan fingerprint density at radius 2 is 2.09 bits per heavy atom. The molecular formula is C18H22O4. The number of carbonyl (C=O) groups excluding carboxylic acids is 1. The first kappa shape index (κ1) is 15.3. The van der Waals surface area contributed by atoms with Crippen LogP contribution in [0.2, 0.25) is 0 Å². The average molecular weight is 302 g/mol. The fourth-order valence-electron chi connectivity index (χ4n) is 3.50. The Balaban J connectivity index is 1.53. The number of hydrogen-bond acceptors (Lipinski definition) is 4. The molecule has 4 nitrogen and oxygen atoms in total. The molecule has 3 rings (SSSR count). The van der Waals surface area contributed by atoms with Crippen molar-refractivity contribution in [3.8, 4) is 0 Å². The predicted octanol–water partition coefficient (Wildman–Crippen LogP) is 1.85. The number of hydrogen-bond donors (Lipinski definition) is 2. The van der Waals surface area contributed by atoms with Crippen molar-refractivity contribution in [2.75, 3.05) is 0 Å². The summed E-state index contributed by atoms with van der Waals surface area (Å²) >= 11 is 0. The minimum atomic E-state index is -0.538. The second-order valence-electron chi connectivity index (χ2n) is 6.25. The van der Waals surface area contributed by atoms with Gasteiger partial charge in [-0.25, -0.2) is 0 Å². The van der Waals surface area contributed by atoms with Gasteiger partial charge in [-0.3, -0.25) is 4.79 Å². The van der Waals surface area contributed by atoms with Crippen molar-refractivity contribution in [1.82, 2.24) is 0 Å². The van der Waals surface area contributed by atoms with Gasteiger partial charge in [0.15, 0.2) is 0 Å². The van der Waals surface area contributed by atoms with E-state index in [0.717, 1.165) is 6.42 Å². The number of benzene rings is 1. The van der Waals surface area contributed by atoms with Gasteiger partial charge in [0.05, 0.1) is 18.6 Å². The number of aliphatic hydroxyl groups excluding tert-OH is 2. The maximum absolute atomic E-state index is 11.3. The number of fused-ring (bicyclic) bond motifs is 1. The van der Waals surface area contributed by atoms with Crippen LogP contribution in [0.1, 0.15) is 24.8 Å². The van der Waals surface area contributed by atoms with Gasteiger partial charge in [-0.2, -0.15) is 0 Å². The van der Waals surface area contributed by atoms with Gasteiger partial charge >= 0.3 is 5.97 Å². The summed E-state index contributed by atoms with van der Waals surface area (Å²) in [6.07, 6.45) is 4.78. The molecular weight excluding hydrogens is 280 g/mol. The number of ether oxygens (including phenoxy) is 1. The standard InChI is InChI=1S/C18H22O4/c19-13(7-6-12-4-2-1-3-5-12)8-9-14-15-10-18(21)22-17(15)11-16(14)20/h1-5,8-9,13-17,19-20H,6-7,10-11H2/t13?,14-,15?,16?,17?/m1/s1. The molecule has 1 aliphatic carbocycles. The molecule has 1 saturated carbocycles. The third-order valence-corrected chi connectivity index (χ3v) is 4.70. The lowest BCUT2D eigenvalue weighted by atomic mass is 9.91. The second kappa shape index (κ2) is 6.63. The average Bonchev–Trinajstić information content (AvgIpc) is 2.99. The fraction of sp³-hybridized carbons (Fsp3) is 0.500. The van der Waals surface area contributed by atoms with E-state index in [2.05, 4.69) is 0 Å². The Labute approximate surface area is 130 Å². The third kappa shape index (κ3) is 3.39. The van der Waals surface area contributed by atoms with Gasteiger partial charge in [0.25, 0.3) is 0 Å². The van der Waals surface area contributed by atoms with Crippen molar-refractivity contribution in [3.63, 3.8) is 0 Å². The van der Waals surface area contributed by atoms with Crippen LogP contribution in [-0.2, 0) is 16.0 Å². The molecule has 0 bridgehead atoms. The van der Waals surface area contributed by atoms with Crippen molar-refractivity contribution in [2.45, 2.75) is 44.0 Å². The van der Waals surface area contributed by atoms with Gasteiger partial charge in [0.1, 0.15) is 6.10 Å². The van der Waals surface area contributed by atoms with Crippen molar-refractivity contribution in [3.05, 3.63) is 48.0 Å². The third-order valence-electron chi connectivity index (χ3n) is 4.70. The topological polar surface area (TPSA) is 66.8 Å². The molecule has 1 aliphatic heterocycles. The Morgan fingerprint density at radius 1 is 1.32 bits per heavy atom. The molecule has 2 aliphatic rings. The monoisotopic (exact) mass is 302 g/mol. The molecule has 1 aromatic carbocycles. The van der Waals surface area contributed by atoms with Crippen LogP contribution in [0.25, 0.3) is 0 Å². The van der Waals surface area contributed by atoms with E-state index in [-0.39, 0.29) is 23.9 Å². The first-order valence-corrected chi connectivity index (χ1v) is 7.91. The van der Waals surface area contributed by atoms with Gasteiger partial charge in [-0.05, 0) is 18.4 Å². The summed E-state index contributed by atoms with van der Waals surface area (Å²) in [6.45, 7) is 0. The Hall–Kier alpha value is -1.65. The van der Waals surface area contributed by atoms with Crippen molar-refractivity contribution in [1.29, 1.82) is 0 Å². The van der Waals surface area contributed by atoms with Crippen LogP contribution in [0.15, 0.2) is 42.5 Å². The summed E-state index contributed by atoms with van der Waals surface area (Å²) in [7, 11) is 0. The lowest BCUT2D eigenvalue weighted by Crippen LogP contribution is -2.18. The Morgan fingerprint density at radius 3 is 2.86 bits per heavy atom. The highest BCUT2D eigenvalue weighted by molar-refractivity contribution is 5.72. The molecule has 0 radical (unpaired) electrons. The highest BCUT2D eigenvalue weighted by atomic mass is 16.6. The van der Waals surface area contributed by atoms with E-state index in [1.165, 1.54) is 5.56 Å². The van der Waals surface area contributed by atoms with Crippen LogP contribution in [-0.4, -0.2) is 34.5 Å². The van der Waals surface area contributed by atoms with Crippen LogP contribution in [0.4, 0.5) is 0 Å². The highest BCUT2D eigenvalue weighted by Gasteiger charge is 2.48. The zero-order valence-corrected chi connectivity index (χ0v) is 12.5. The van der Waals surface area contributed by atoms with E-state index in [1.54, 1.807) is 6.08 Å². The van der Waals surface area contributed by atoms with Crippen LogP contribution in [0.5, 0.6) is 0 Å². The largest absolute Gasteiger partial charge is 0.462 e. The number of aliphatic hydroxyl groups is 2. The number of carbonyl (C=O) groups is 1. The highest BCUT2D eigenvalue weighted by Crippen LogP contribution is 2.42. The number of rotatable bonds is 5. The van der Waals surface area contributed by atoms with Gasteiger partial charge in [-0.15, -0.1) is 0 Å². The minimum absolute atomic E-state index is 0.0556. The van der Waals surface area contributed by atoms with E-state index >= 15 is 0 Å². The first-order valence-electron chi connectivity index (χ1n) is 7.91. The maximum Gasteiger partial charge on any atom is 0.306 e. The molecule has 2 fully saturated rings. The molecule has 5 atom stereocenters. The quantitative estimate of drug-likeness (QED) is 0.643. The van der Waals surface area contributed by atoms with Crippen LogP contribution < -0.4 is 0 Å². The Bertz CT molecular complexity index is 539. The van der Waals surface area contributed by atoms with E-state index in [9.17, 15) is 15.0 Å². The second-order valence-corrected chi connectivity index (χ2v) is 6.25. The predicted molar refractivity (Wildman–Crippen MR) is 82.0 cm³/mol. The van der Waals surface area contributed by atoms with Gasteiger partial charge in [-0.1, -0.05) is 42.5 Å². The Kier molecular flexibility index (Phi) is 4.60. The van der Waals surface area contributed by atoms with E-state index < -0.39 is 12.2 Å². The molecule has 1 heterocycles. The van der Waals surface area contributed by atoms with Crippen molar-refractivity contribution < 1.29 is 19.7 Å².